The van der Waals surface area contributed by atoms with Gasteiger partial charge in [0.25, 0.3) is 5.56 Å². The summed E-state index contributed by atoms with van der Waals surface area (Å²) >= 11 is 0. The number of aromatic amines is 1. The smallest absolute Gasteiger partial charge is 0.328 e. The Labute approximate surface area is 111 Å². The van der Waals surface area contributed by atoms with Crippen LogP contribution in [-0.4, -0.2) is 15.5 Å². The van der Waals surface area contributed by atoms with Gasteiger partial charge in [0.05, 0.1) is 12.7 Å². The van der Waals surface area contributed by atoms with Crippen molar-refractivity contribution in [3.8, 4) is 0 Å². The number of nitrogens with two attached hydrogens (primary N) is 2. The van der Waals surface area contributed by atoms with Gasteiger partial charge in [0.2, 0.25) is 11.7 Å². The van der Waals surface area contributed by atoms with Crippen LogP contribution in [0.25, 0.3) is 0 Å². The van der Waals surface area contributed by atoms with Crippen LogP contribution >= 0.6 is 0 Å². The number of halogens is 1. The molecule has 0 aliphatic heterocycles. The second kappa shape index (κ2) is 5.00. The number of hydrogen-bond acceptors (Lipinski definition) is 4. The third-order valence-electron chi connectivity index (χ3n) is 2.74. The maximum Gasteiger partial charge on any atom is 0.328 e. The highest BCUT2D eigenvalue weighted by molar-refractivity contribution is 5.93. The summed E-state index contributed by atoms with van der Waals surface area (Å²) in [5, 5.41) is 0. The van der Waals surface area contributed by atoms with E-state index in [9.17, 15) is 18.8 Å². The summed E-state index contributed by atoms with van der Waals surface area (Å²) in [4.78, 5) is 35.2. The van der Waals surface area contributed by atoms with Gasteiger partial charge in [-0.25, -0.2) is 4.79 Å². The normalized spacial score (nSPS) is 10.4. The first-order valence-corrected chi connectivity index (χ1v) is 5.56. The number of hydrogen-bond donors (Lipinski definition) is 3. The number of H-pyrrole nitrogens is 1. The largest absolute Gasteiger partial charge is 0.398 e. The molecule has 20 heavy (non-hydrogen) atoms. The van der Waals surface area contributed by atoms with Crippen molar-refractivity contribution in [3.63, 3.8) is 0 Å². The number of anilines is 1. The molecule has 1 amide bonds. The van der Waals surface area contributed by atoms with E-state index >= 15 is 0 Å². The SMILES string of the molecule is NC(=O)c1ccc(Cn2cc(F)c(=O)[nH]c2=O)c(N)c1. The van der Waals surface area contributed by atoms with Crippen LogP contribution < -0.4 is 22.7 Å². The number of nitrogens with zero attached hydrogens (tertiary/aromatic N) is 1. The Morgan fingerprint density at radius 2 is 2.05 bits per heavy atom. The lowest BCUT2D eigenvalue weighted by atomic mass is 10.1. The minimum absolute atomic E-state index is 0.0442. The first kappa shape index (κ1) is 13.5. The molecule has 0 atom stereocenters. The summed E-state index contributed by atoms with van der Waals surface area (Å²) in [6, 6.07) is 4.32. The molecule has 0 saturated heterocycles. The molecule has 2 aromatic rings. The van der Waals surface area contributed by atoms with Gasteiger partial charge < -0.3 is 11.5 Å². The lowest BCUT2D eigenvalue weighted by molar-refractivity contribution is 0.100. The van der Waals surface area contributed by atoms with Gasteiger partial charge in [0.1, 0.15) is 0 Å². The van der Waals surface area contributed by atoms with Crippen molar-refractivity contribution < 1.29 is 9.18 Å². The Bertz CT molecular complexity index is 794. The van der Waals surface area contributed by atoms with E-state index in [4.69, 9.17) is 11.5 Å². The Morgan fingerprint density at radius 3 is 2.65 bits per heavy atom. The van der Waals surface area contributed by atoms with Crippen LogP contribution in [0.1, 0.15) is 15.9 Å². The van der Waals surface area contributed by atoms with Crippen molar-refractivity contribution in [2.45, 2.75) is 6.54 Å². The van der Waals surface area contributed by atoms with Crippen LogP contribution in [-0.2, 0) is 6.54 Å². The molecular weight excluding hydrogens is 267 g/mol. The van der Waals surface area contributed by atoms with Gasteiger partial charge in [-0.15, -0.1) is 0 Å². The van der Waals surface area contributed by atoms with E-state index in [-0.39, 0.29) is 17.8 Å². The van der Waals surface area contributed by atoms with E-state index in [1.54, 1.807) is 0 Å². The predicted octanol–water partition coefficient (Wildman–Crippen LogP) is -0.595. The minimum atomic E-state index is -1.08. The molecule has 0 fully saturated rings. The van der Waals surface area contributed by atoms with Crippen molar-refractivity contribution in [1.82, 2.24) is 9.55 Å². The van der Waals surface area contributed by atoms with Gasteiger partial charge in [0, 0.05) is 11.3 Å². The summed E-state index contributed by atoms with van der Waals surface area (Å²) in [5.74, 6) is -1.70. The van der Waals surface area contributed by atoms with Crippen molar-refractivity contribution in [2.75, 3.05) is 5.73 Å². The number of carbonyl (C=O) groups is 1. The number of carbonyl (C=O) groups excluding carboxylic acids is 1. The Hall–Kier alpha value is -2.90. The molecule has 8 heteroatoms. The molecule has 0 bridgehead atoms. The first-order chi connectivity index (χ1) is 9.38. The van der Waals surface area contributed by atoms with Gasteiger partial charge in [-0.2, -0.15) is 4.39 Å². The second-order valence-corrected chi connectivity index (χ2v) is 4.14. The predicted molar refractivity (Wildman–Crippen MR) is 69.8 cm³/mol. The molecule has 0 aliphatic carbocycles. The highest BCUT2D eigenvalue weighted by Crippen LogP contribution is 2.14. The van der Waals surface area contributed by atoms with Crippen LogP contribution in [0.5, 0.6) is 0 Å². The van der Waals surface area contributed by atoms with E-state index < -0.39 is 23.0 Å². The molecule has 104 valence electrons. The van der Waals surface area contributed by atoms with Crippen molar-refractivity contribution >= 4 is 11.6 Å². The van der Waals surface area contributed by atoms with E-state index in [0.717, 1.165) is 10.8 Å². The van der Waals surface area contributed by atoms with E-state index in [1.165, 1.54) is 18.2 Å². The number of nitrogen functional groups attached to an aromatic ring is 1. The third kappa shape index (κ3) is 2.58. The lowest BCUT2D eigenvalue weighted by Crippen LogP contribution is -2.31. The second-order valence-electron chi connectivity index (χ2n) is 4.14. The van der Waals surface area contributed by atoms with Crippen molar-refractivity contribution in [3.05, 3.63) is 62.2 Å². The molecule has 1 heterocycles. The highest BCUT2D eigenvalue weighted by atomic mass is 19.1. The molecule has 0 aliphatic rings. The Kier molecular flexibility index (Phi) is 3.38. The fourth-order valence-corrected chi connectivity index (χ4v) is 1.68. The lowest BCUT2D eigenvalue weighted by Gasteiger charge is -2.09. The molecule has 0 radical (unpaired) electrons. The summed E-state index contributed by atoms with van der Waals surface area (Å²) in [6.07, 6.45) is 0.794. The molecule has 7 nitrogen and oxygen atoms in total. The fraction of sp³-hybridized carbons (Fsp3) is 0.0833. The number of rotatable bonds is 3. The maximum atomic E-state index is 13.1. The van der Waals surface area contributed by atoms with Crippen molar-refractivity contribution in [1.29, 1.82) is 0 Å². The first-order valence-electron chi connectivity index (χ1n) is 5.56. The van der Waals surface area contributed by atoms with Gasteiger partial charge in [-0.1, -0.05) is 6.07 Å². The number of amides is 1. The average molecular weight is 278 g/mol. The summed E-state index contributed by atoms with van der Waals surface area (Å²) in [6.45, 7) is -0.0442. The maximum absolute atomic E-state index is 13.1. The number of primary amides is 1. The Morgan fingerprint density at radius 1 is 1.35 bits per heavy atom. The standard InChI is InChI=1S/C12H11FN4O3/c13-8-5-17(12(20)16-11(8)19)4-7-2-1-6(10(15)18)3-9(7)14/h1-3,5H,4,14H2,(H2,15,18)(H,16,19,20). The van der Waals surface area contributed by atoms with Gasteiger partial charge in [0.15, 0.2) is 0 Å². The Balaban J connectivity index is 2.40. The number of aromatic nitrogens is 2. The topological polar surface area (TPSA) is 124 Å². The van der Waals surface area contributed by atoms with Gasteiger partial charge in [-0.3, -0.25) is 19.1 Å². The summed E-state index contributed by atoms with van der Waals surface area (Å²) in [7, 11) is 0. The van der Waals surface area contributed by atoms with E-state index in [0.29, 0.717) is 5.56 Å². The van der Waals surface area contributed by atoms with Crippen molar-refractivity contribution in [2.24, 2.45) is 5.73 Å². The molecule has 1 aromatic carbocycles. The molecule has 2 rings (SSSR count). The van der Waals surface area contributed by atoms with E-state index in [1.807, 2.05) is 4.98 Å². The molecule has 0 unspecified atom stereocenters. The van der Waals surface area contributed by atoms with E-state index in [2.05, 4.69) is 0 Å². The molecule has 0 saturated carbocycles. The molecule has 1 aromatic heterocycles. The monoisotopic (exact) mass is 278 g/mol. The third-order valence-corrected chi connectivity index (χ3v) is 2.74. The zero-order valence-electron chi connectivity index (χ0n) is 10.2. The van der Waals surface area contributed by atoms with Crippen LogP contribution in [0.3, 0.4) is 0 Å². The zero-order chi connectivity index (χ0) is 14.9. The minimum Gasteiger partial charge on any atom is -0.398 e. The molecular formula is C12H11FN4O3. The van der Waals surface area contributed by atoms with Crippen LogP contribution in [0.2, 0.25) is 0 Å². The molecule has 0 spiro atoms. The summed E-state index contributed by atoms with van der Waals surface area (Å²) < 4.78 is 14.1. The number of benzene rings is 1. The van der Waals surface area contributed by atoms with Crippen LogP contribution in [0.15, 0.2) is 34.0 Å². The quantitative estimate of drug-likeness (QED) is 0.649. The number of nitrogens with one attached hydrogen (secondary N) is 1. The summed E-state index contributed by atoms with van der Waals surface area (Å²) in [5.41, 5.74) is 9.96. The van der Waals surface area contributed by atoms with Crippen LogP contribution in [0.4, 0.5) is 10.1 Å². The molecule has 5 N–H and O–H groups in total. The van der Waals surface area contributed by atoms with Gasteiger partial charge in [-0.05, 0) is 17.7 Å². The van der Waals surface area contributed by atoms with Crippen LogP contribution in [0, 0.1) is 5.82 Å². The zero-order valence-corrected chi connectivity index (χ0v) is 10.2. The highest BCUT2D eigenvalue weighted by Gasteiger charge is 2.08. The fourth-order valence-electron chi connectivity index (χ4n) is 1.68. The van der Waals surface area contributed by atoms with Gasteiger partial charge >= 0.3 is 5.69 Å². The average Bonchev–Trinajstić information content (AvgIpc) is 2.37.